The smallest absolute Gasteiger partial charge is 0.246 e. The van der Waals surface area contributed by atoms with Crippen molar-refractivity contribution in [1.82, 2.24) is 5.32 Å². The largest absolute Gasteiger partial charge is 0.508 e. The maximum absolute atomic E-state index is 11.7. The van der Waals surface area contributed by atoms with Gasteiger partial charge in [0.2, 0.25) is 5.91 Å². The highest BCUT2D eigenvalue weighted by molar-refractivity contribution is 5.77. The number of amides is 1. The van der Waals surface area contributed by atoms with Crippen molar-refractivity contribution in [1.29, 1.82) is 0 Å². The maximum Gasteiger partial charge on any atom is 0.246 e. The molecular formula is C16H23NO3. The number of benzene rings is 1. The highest BCUT2D eigenvalue weighted by Gasteiger charge is 2.20. The third kappa shape index (κ3) is 4.53. The van der Waals surface area contributed by atoms with Crippen LogP contribution in [-0.4, -0.2) is 23.7 Å². The molecule has 0 radical (unpaired) electrons. The van der Waals surface area contributed by atoms with E-state index >= 15 is 0 Å². The van der Waals surface area contributed by atoms with Gasteiger partial charge >= 0.3 is 0 Å². The molecule has 1 saturated carbocycles. The lowest BCUT2D eigenvalue weighted by Crippen LogP contribution is -2.31. The lowest BCUT2D eigenvalue weighted by molar-refractivity contribution is -0.128. The van der Waals surface area contributed by atoms with E-state index in [0.717, 1.165) is 12.8 Å². The second-order valence-corrected chi connectivity index (χ2v) is 5.61. The molecule has 1 aliphatic carbocycles. The number of nitrogens with one attached hydrogen (secondary N) is 1. The summed E-state index contributed by atoms with van der Waals surface area (Å²) >= 11 is 0. The summed E-state index contributed by atoms with van der Waals surface area (Å²) in [5.74, 6) is 0.763. The summed E-state index contributed by atoms with van der Waals surface area (Å²) in [5.41, 5.74) is 0.715. The second-order valence-electron chi connectivity index (χ2n) is 5.61. The van der Waals surface area contributed by atoms with Crippen molar-refractivity contribution in [3.05, 3.63) is 29.8 Å². The van der Waals surface area contributed by atoms with Gasteiger partial charge in [0, 0.05) is 12.1 Å². The number of aromatic hydroxyl groups is 1. The van der Waals surface area contributed by atoms with E-state index in [1.165, 1.54) is 12.8 Å². The Morgan fingerprint density at radius 3 is 2.95 bits per heavy atom. The number of rotatable bonds is 5. The SMILES string of the molecule is C[C@H]1CCC[C@H](OCC(=O)NCc2ccccc2O)C1. The average molecular weight is 277 g/mol. The van der Waals surface area contributed by atoms with Gasteiger partial charge in [0.25, 0.3) is 0 Å². The number of hydrogen-bond donors (Lipinski definition) is 2. The Hall–Kier alpha value is -1.55. The highest BCUT2D eigenvalue weighted by atomic mass is 16.5. The summed E-state index contributed by atoms with van der Waals surface area (Å²) in [7, 11) is 0. The Bertz CT molecular complexity index is 447. The predicted octanol–water partition coefficient (Wildman–Crippen LogP) is 2.60. The van der Waals surface area contributed by atoms with Crippen LogP contribution in [0.5, 0.6) is 5.75 Å². The number of phenolic OH excluding ortho intramolecular Hbond substituents is 1. The molecular weight excluding hydrogens is 254 g/mol. The van der Waals surface area contributed by atoms with Crippen LogP contribution in [0.25, 0.3) is 0 Å². The molecule has 1 aliphatic rings. The molecule has 1 amide bonds. The van der Waals surface area contributed by atoms with Crippen molar-refractivity contribution in [3.63, 3.8) is 0 Å². The zero-order chi connectivity index (χ0) is 14.4. The van der Waals surface area contributed by atoms with E-state index in [2.05, 4.69) is 12.2 Å². The molecule has 4 nitrogen and oxygen atoms in total. The van der Waals surface area contributed by atoms with Gasteiger partial charge in [0.05, 0.1) is 6.10 Å². The summed E-state index contributed by atoms with van der Waals surface area (Å²) in [6, 6.07) is 7.00. The van der Waals surface area contributed by atoms with Gasteiger partial charge in [0.1, 0.15) is 12.4 Å². The minimum atomic E-state index is -0.133. The van der Waals surface area contributed by atoms with Crippen LogP contribution in [-0.2, 0) is 16.1 Å². The standard InChI is InChI=1S/C16H23NO3/c1-12-5-4-7-14(9-12)20-11-16(19)17-10-13-6-2-3-8-15(13)18/h2-3,6,8,12,14,18H,4-5,7,9-11H2,1H3,(H,17,19)/t12-,14-/m0/s1. The molecule has 0 aliphatic heterocycles. The Morgan fingerprint density at radius 1 is 1.40 bits per heavy atom. The molecule has 0 saturated heterocycles. The maximum atomic E-state index is 11.7. The van der Waals surface area contributed by atoms with Crippen molar-refractivity contribution in [2.45, 2.75) is 45.3 Å². The van der Waals surface area contributed by atoms with Gasteiger partial charge in [-0.2, -0.15) is 0 Å². The van der Waals surface area contributed by atoms with E-state index in [4.69, 9.17) is 4.74 Å². The van der Waals surface area contributed by atoms with Gasteiger partial charge in [0.15, 0.2) is 0 Å². The zero-order valence-electron chi connectivity index (χ0n) is 12.0. The topological polar surface area (TPSA) is 58.6 Å². The predicted molar refractivity (Wildman–Crippen MR) is 77.3 cm³/mol. The number of ether oxygens (including phenoxy) is 1. The number of carbonyl (C=O) groups is 1. The highest BCUT2D eigenvalue weighted by Crippen LogP contribution is 2.25. The van der Waals surface area contributed by atoms with Gasteiger partial charge in [-0.1, -0.05) is 38.0 Å². The molecule has 1 aromatic carbocycles. The van der Waals surface area contributed by atoms with Crippen LogP contribution in [0.2, 0.25) is 0 Å². The van der Waals surface area contributed by atoms with E-state index in [0.29, 0.717) is 18.0 Å². The quantitative estimate of drug-likeness (QED) is 0.869. The molecule has 0 spiro atoms. The molecule has 0 bridgehead atoms. The summed E-state index contributed by atoms with van der Waals surface area (Å²) < 4.78 is 5.66. The zero-order valence-corrected chi connectivity index (χ0v) is 12.0. The lowest BCUT2D eigenvalue weighted by Gasteiger charge is -2.26. The van der Waals surface area contributed by atoms with Gasteiger partial charge in [-0.3, -0.25) is 4.79 Å². The van der Waals surface area contributed by atoms with Crippen LogP contribution in [0.15, 0.2) is 24.3 Å². The number of phenols is 1. The van der Waals surface area contributed by atoms with E-state index in [1.807, 2.05) is 6.07 Å². The first-order valence-corrected chi connectivity index (χ1v) is 7.30. The van der Waals surface area contributed by atoms with E-state index in [9.17, 15) is 9.90 Å². The summed E-state index contributed by atoms with van der Waals surface area (Å²) in [4.78, 5) is 11.7. The van der Waals surface area contributed by atoms with Gasteiger partial charge in [-0.15, -0.1) is 0 Å². The molecule has 0 aromatic heterocycles. The van der Waals surface area contributed by atoms with Crippen molar-refractivity contribution in [3.8, 4) is 5.75 Å². The van der Waals surface area contributed by atoms with Gasteiger partial charge in [-0.25, -0.2) is 0 Å². The third-order valence-electron chi connectivity index (χ3n) is 3.81. The first-order chi connectivity index (χ1) is 9.65. The van der Waals surface area contributed by atoms with E-state index in [1.54, 1.807) is 18.2 Å². The minimum absolute atomic E-state index is 0.102. The van der Waals surface area contributed by atoms with E-state index in [-0.39, 0.29) is 24.4 Å². The van der Waals surface area contributed by atoms with Crippen LogP contribution in [0.3, 0.4) is 0 Å². The molecule has 110 valence electrons. The number of carbonyl (C=O) groups excluding carboxylic acids is 1. The van der Waals surface area contributed by atoms with Crippen molar-refractivity contribution >= 4 is 5.91 Å². The summed E-state index contributed by atoms with van der Waals surface area (Å²) in [5, 5.41) is 12.4. The lowest BCUT2D eigenvalue weighted by atomic mass is 9.89. The fourth-order valence-corrected chi connectivity index (χ4v) is 2.63. The van der Waals surface area contributed by atoms with Crippen LogP contribution in [0.4, 0.5) is 0 Å². The first-order valence-electron chi connectivity index (χ1n) is 7.30. The summed E-state index contributed by atoms with van der Waals surface area (Å²) in [6.45, 7) is 2.66. The Balaban J connectivity index is 1.69. The normalized spacial score (nSPS) is 22.4. The fraction of sp³-hybridized carbons (Fsp3) is 0.562. The number of hydrogen-bond acceptors (Lipinski definition) is 3. The molecule has 2 rings (SSSR count). The van der Waals surface area contributed by atoms with Crippen molar-refractivity contribution in [2.24, 2.45) is 5.92 Å². The molecule has 20 heavy (non-hydrogen) atoms. The van der Waals surface area contributed by atoms with E-state index < -0.39 is 0 Å². The van der Waals surface area contributed by atoms with Crippen molar-refractivity contribution in [2.75, 3.05) is 6.61 Å². The molecule has 0 unspecified atom stereocenters. The molecule has 0 heterocycles. The van der Waals surface area contributed by atoms with Crippen molar-refractivity contribution < 1.29 is 14.6 Å². The molecule has 2 N–H and O–H groups in total. The fourth-order valence-electron chi connectivity index (χ4n) is 2.63. The average Bonchev–Trinajstić information content (AvgIpc) is 2.44. The van der Waals surface area contributed by atoms with Crippen LogP contribution < -0.4 is 5.32 Å². The van der Waals surface area contributed by atoms with Gasteiger partial charge < -0.3 is 15.2 Å². The Morgan fingerprint density at radius 2 is 2.20 bits per heavy atom. The van der Waals surface area contributed by atoms with Crippen LogP contribution >= 0.6 is 0 Å². The Labute approximate surface area is 120 Å². The molecule has 2 atom stereocenters. The van der Waals surface area contributed by atoms with Gasteiger partial charge in [-0.05, 0) is 24.8 Å². The monoisotopic (exact) mass is 277 g/mol. The molecule has 1 aromatic rings. The second kappa shape index (κ2) is 7.29. The van der Waals surface area contributed by atoms with Crippen LogP contribution in [0.1, 0.15) is 38.2 Å². The number of para-hydroxylation sites is 1. The van der Waals surface area contributed by atoms with Crippen LogP contribution in [0, 0.1) is 5.92 Å². The summed E-state index contributed by atoms with van der Waals surface area (Å²) in [6.07, 6.45) is 4.77. The Kier molecular flexibility index (Phi) is 5.41. The third-order valence-corrected chi connectivity index (χ3v) is 3.81. The molecule has 4 heteroatoms. The molecule has 1 fully saturated rings. The first kappa shape index (κ1) is 14.9. The minimum Gasteiger partial charge on any atom is -0.508 e.